The van der Waals surface area contributed by atoms with Gasteiger partial charge < -0.3 is 9.84 Å². The normalized spacial score (nSPS) is 11.6. The number of halogens is 1. The van der Waals surface area contributed by atoms with Crippen LogP contribution >= 0.6 is 15.9 Å². The van der Waals surface area contributed by atoms with E-state index < -0.39 is 0 Å². The first kappa shape index (κ1) is 14.5. The molecule has 0 aromatic heterocycles. The van der Waals surface area contributed by atoms with E-state index in [2.05, 4.69) is 35.8 Å². The number of benzene rings is 1. The number of hydrogen-bond donors (Lipinski definition) is 1. The second-order valence-electron chi connectivity index (χ2n) is 4.50. The molecule has 0 fully saturated rings. The van der Waals surface area contributed by atoms with E-state index in [9.17, 15) is 5.11 Å². The topological polar surface area (TPSA) is 29.5 Å². The van der Waals surface area contributed by atoms with Crippen molar-refractivity contribution in [2.45, 2.75) is 33.1 Å². The van der Waals surface area contributed by atoms with Crippen LogP contribution in [-0.2, 0) is 6.42 Å². The fourth-order valence-corrected chi connectivity index (χ4v) is 2.48. The average molecular weight is 301 g/mol. The molecule has 0 unspecified atom stereocenters. The number of methoxy groups -OCH3 is 1. The maximum absolute atomic E-state index is 9.62. The van der Waals surface area contributed by atoms with E-state index in [0.29, 0.717) is 0 Å². The molecule has 0 saturated heterocycles. The monoisotopic (exact) mass is 300 g/mol. The smallest absolute Gasteiger partial charge is 0.122 e. The van der Waals surface area contributed by atoms with Crippen LogP contribution in [0.2, 0.25) is 0 Å². The minimum absolute atomic E-state index is 0.0337. The molecule has 0 amide bonds. The van der Waals surface area contributed by atoms with Gasteiger partial charge in [0.2, 0.25) is 0 Å². The van der Waals surface area contributed by atoms with Crippen LogP contribution in [0.3, 0.4) is 0 Å². The van der Waals surface area contributed by atoms with E-state index in [-0.39, 0.29) is 12.0 Å². The molecule has 0 bridgehead atoms. The summed E-state index contributed by atoms with van der Waals surface area (Å²) in [7, 11) is 1.69. The molecule has 0 aliphatic heterocycles. The Morgan fingerprint density at radius 1 is 1.29 bits per heavy atom. The van der Waals surface area contributed by atoms with Crippen LogP contribution in [0.25, 0.3) is 0 Å². The molecule has 17 heavy (non-hydrogen) atoms. The van der Waals surface area contributed by atoms with Gasteiger partial charge in [0.25, 0.3) is 0 Å². The van der Waals surface area contributed by atoms with Crippen molar-refractivity contribution in [3.63, 3.8) is 0 Å². The Morgan fingerprint density at radius 2 is 1.94 bits per heavy atom. The Labute approximate surface area is 112 Å². The van der Waals surface area contributed by atoms with Crippen LogP contribution in [0.5, 0.6) is 5.75 Å². The molecule has 0 saturated carbocycles. The highest BCUT2D eigenvalue weighted by Gasteiger charge is 2.26. The Hall–Kier alpha value is -0.540. The quantitative estimate of drug-likeness (QED) is 0.866. The lowest BCUT2D eigenvalue weighted by Crippen LogP contribution is -2.26. The van der Waals surface area contributed by atoms with Gasteiger partial charge >= 0.3 is 0 Å². The van der Waals surface area contributed by atoms with Crippen LogP contribution in [0.4, 0.5) is 0 Å². The Bertz CT molecular complexity index is 351. The van der Waals surface area contributed by atoms with Crippen LogP contribution in [0.1, 0.15) is 32.3 Å². The summed E-state index contributed by atoms with van der Waals surface area (Å²) in [6.07, 6.45) is 2.78. The van der Waals surface area contributed by atoms with E-state index in [0.717, 1.165) is 35.0 Å². The van der Waals surface area contributed by atoms with Crippen LogP contribution in [0.15, 0.2) is 22.7 Å². The molecular formula is C14H21BrO2. The van der Waals surface area contributed by atoms with Gasteiger partial charge in [-0.3, -0.25) is 0 Å². The summed E-state index contributed by atoms with van der Waals surface area (Å²) in [4.78, 5) is 0. The third-order valence-electron chi connectivity index (χ3n) is 3.64. The average Bonchev–Trinajstić information content (AvgIpc) is 2.36. The molecular weight excluding hydrogens is 280 g/mol. The van der Waals surface area contributed by atoms with Gasteiger partial charge in [-0.05, 0) is 48.4 Å². The van der Waals surface area contributed by atoms with Gasteiger partial charge in [0, 0.05) is 11.1 Å². The predicted octanol–water partition coefficient (Wildman–Crippen LogP) is 3.80. The van der Waals surface area contributed by atoms with Crippen molar-refractivity contribution < 1.29 is 9.84 Å². The van der Waals surface area contributed by atoms with Gasteiger partial charge in [-0.1, -0.05) is 29.8 Å². The number of aliphatic hydroxyl groups excluding tert-OH is 1. The fraction of sp³-hybridized carbons (Fsp3) is 0.571. The molecule has 0 heterocycles. The van der Waals surface area contributed by atoms with Crippen molar-refractivity contribution in [1.82, 2.24) is 0 Å². The Kier molecular flexibility index (Phi) is 5.47. The first-order chi connectivity index (χ1) is 8.10. The van der Waals surface area contributed by atoms with E-state index in [1.54, 1.807) is 7.11 Å². The number of aliphatic hydroxyl groups is 1. The lowest BCUT2D eigenvalue weighted by Gasteiger charge is -2.30. The number of hydrogen-bond acceptors (Lipinski definition) is 2. The molecule has 1 aromatic rings. The highest BCUT2D eigenvalue weighted by molar-refractivity contribution is 9.10. The van der Waals surface area contributed by atoms with Gasteiger partial charge in [-0.25, -0.2) is 0 Å². The van der Waals surface area contributed by atoms with Gasteiger partial charge in [-0.15, -0.1) is 0 Å². The Balaban J connectivity index is 3.03. The van der Waals surface area contributed by atoms with Gasteiger partial charge in [0.1, 0.15) is 5.75 Å². The molecule has 3 heteroatoms. The summed E-state index contributed by atoms with van der Waals surface area (Å²) in [5.41, 5.74) is 1.12. The molecule has 0 aliphatic rings. The molecule has 0 spiro atoms. The van der Waals surface area contributed by atoms with Gasteiger partial charge in [0.05, 0.1) is 7.11 Å². The van der Waals surface area contributed by atoms with E-state index in [4.69, 9.17) is 4.74 Å². The lowest BCUT2D eigenvalue weighted by atomic mass is 9.77. The van der Waals surface area contributed by atoms with Crippen molar-refractivity contribution in [2.75, 3.05) is 13.7 Å². The van der Waals surface area contributed by atoms with Crippen molar-refractivity contribution >= 4 is 15.9 Å². The molecule has 96 valence electrons. The zero-order valence-corrected chi connectivity index (χ0v) is 12.4. The standard InChI is InChI=1S/C14H21BrO2/c1-4-14(5-2,10-16)9-11-8-12(15)6-7-13(11)17-3/h6-8,16H,4-5,9-10H2,1-3H3. The van der Waals surface area contributed by atoms with Gasteiger partial charge in [-0.2, -0.15) is 0 Å². The molecule has 0 atom stereocenters. The molecule has 1 aromatic carbocycles. The van der Waals surface area contributed by atoms with Crippen molar-refractivity contribution in [2.24, 2.45) is 5.41 Å². The summed E-state index contributed by atoms with van der Waals surface area (Å²) in [6, 6.07) is 6.02. The Morgan fingerprint density at radius 3 is 2.41 bits per heavy atom. The van der Waals surface area contributed by atoms with Crippen molar-refractivity contribution in [1.29, 1.82) is 0 Å². The summed E-state index contributed by atoms with van der Waals surface area (Å²) in [5, 5.41) is 9.62. The maximum Gasteiger partial charge on any atom is 0.122 e. The highest BCUT2D eigenvalue weighted by Crippen LogP contribution is 2.34. The van der Waals surface area contributed by atoms with Gasteiger partial charge in [0.15, 0.2) is 0 Å². The summed E-state index contributed by atoms with van der Waals surface area (Å²) in [5.74, 6) is 0.896. The van der Waals surface area contributed by atoms with Crippen molar-refractivity contribution in [3.05, 3.63) is 28.2 Å². The third-order valence-corrected chi connectivity index (χ3v) is 4.14. The fourth-order valence-electron chi connectivity index (χ4n) is 2.07. The highest BCUT2D eigenvalue weighted by atomic mass is 79.9. The SMILES string of the molecule is CCC(CC)(CO)Cc1cc(Br)ccc1OC. The van der Waals surface area contributed by atoms with Crippen LogP contribution < -0.4 is 4.74 Å². The maximum atomic E-state index is 9.62. The number of rotatable bonds is 6. The van der Waals surface area contributed by atoms with Crippen LogP contribution in [0, 0.1) is 5.41 Å². The zero-order valence-electron chi connectivity index (χ0n) is 10.8. The van der Waals surface area contributed by atoms with E-state index in [1.807, 2.05) is 12.1 Å². The minimum Gasteiger partial charge on any atom is -0.496 e. The molecule has 1 rings (SSSR count). The molecule has 0 aliphatic carbocycles. The minimum atomic E-state index is -0.0337. The molecule has 0 radical (unpaired) electrons. The first-order valence-electron chi connectivity index (χ1n) is 6.04. The molecule has 2 nitrogen and oxygen atoms in total. The molecule has 1 N–H and O–H groups in total. The summed E-state index contributed by atoms with van der Waals surface area (Å²) in [6.45, 7) is 4.48. The summed E-state index contributed by atoms with van der Waals surface area (Å²) < 4.78 is 6.43. The lowest BCUT2D eigenvalue weighted by molar-refractivity contribution is 0.114. The summed E-state index contributed by atoms with van der Waals surface area (Å²) >= 11 is 3.48. The van der Waals surface area contributed by atoms with E-state index >= 15 is 0 Å². The largest absolute Gasteiger partial charge is 0.496 e. The second kappa shape index (κ2) is 6.41. The van der Waals surface area contributed by atoms with Crippen molar-refractivity contribution in [3.8, 4) is 5.75 Å². The first-order valence-corrected chi connectivity index (χ1v) is 6.83. The number of ether oxygens (including phenoxy) is 1. The third kappa shape index (κ3) is 3.46. The van der Waals surface area contributed by atoms with E-state index in [1.165, 1.54) is 0 Å². The van der Waals surface area contributed by atoms with Crippen LogP contribution in [-0.4, -0.2) is 18.8 Å². The zero-order chi connectivity index (χ0) is 12.9. The second-order valence-corrected chi connectivity index (χ2v) is 5.41. The predicted molar refractivity (Wildman–Crippen MR) is 74.5 cm³/mol.